The van der Waals surface area contributed by atoms with Crippen molar-refractivity contribution < 1.29 is 27.5 Å². The summed E-state index contributed by atoms with van der Waals surface area (Å²) in [5.74, 6) is 1.01. The number of carbonyl (C=O) groups is 2. The zero-order valence-electron chi connectivity index (χ0n) is 24.0. The van der Waals surface area contributed by atoms with Gasteiger partial charge in [0.25, 0.3) is 0 Å². The van der Waals surface area contributed by atoms with Gasteiger partial charge in [0.15, 0.2) is 0 Å². The molecule has 2 aliphatic heterocycles. The van der Waals surface area contributed by atoms with E-state index in [2.05, 4.69) is 81.9 Å². The molecule has 3 atom stereocenters. The molecule has 0 unspecified atom stereocenters. The SMILES string of the molecule is COc1ccc2c(c1)[C@]1(C[C@H]1c1ccc3c(-c4ccc(N5CC[C@@H](N(C)C)C5)cc4)n[nH]c3c1)C(=O)N2.O=CC(F)(F)F. The lowest BCUT2D eigenvalue weighted by molar-refractivity contribution is -0.156. The highest BCUT2D eigenvalue weighted by Gasteiger charge is 2.65. The van der Waals surface area contributed by atoms with E-state index < -0.39 is 17.9 Å². The molecule has 3 heterocycles. The van der Waals surface area contributed by atoms with Crippen molar-refractivity contribution in [2.75, 3.05) is 44.5 Å². The van der Waals surface area contributed by atoms with Crippen LogP contribution >= 0.6 is 0 Å². The highest BCUT2D eigenvalue weighted by Crippen LogP contribution is 2.65. The molecule has 11 heteroatoms. The Labute approximate surface area is 246 Å². The van der Waals surface area contributed by atoms with Crippen LogP contribution in [0.1, 0.15) is 29.9 Å². The molecule has 224 valence electrons. The monoisotopic (exact) mass is 591 g/mol. The lowest BCUT2D eigenvalue weighted by atomic mass is 9.91. The molecule has 1 aromatic heterocycles. The highest BCUT2D eigenvalue weighted by atomic mass is 19.4. The number of amides is 1. The van der Waals surface area contributed by atoms with Gasteiger partial charge in [-0.25, -0.2) is 0 Å². The second-order valence-corrected chi connectivity index (χ2v) is 11.5. The molecule has 43 heavy (non-hydrogen) atoms. The van der Waals surface area contributed by atoms with Crippen molar-refractivity contribution in [3.05, 3.63) is 71.8 Å². The molecule has 1 amide bonds. The van der Waals surface area contributed by atoms with Crippen molar-refractivity contribution in [2.24, 2.45) is 0 Å². The van der Waals surface area contributed by atoms with Crippen LogP contribution in [0, 0.1) is 0 Å². The van der Waals surface area contributed by atoms with Gasteiger partial charge in [0.05, 0.1) is 23.7 Å². The molecule has 1 spiro atoms. The van der Waals surface area contributed by atoms with E-state index in [-0.39, 0.29) is 11.8 Å². The van der Waals surface area contributed by atoms with Gasteiger partial charge in [0, 0.05) is 47.4 Å². The van der Waals surface area contributed by atoms with Gasteiger partial charge in [-0.3, -0.25) is 14.7 Å². The Morgan fingerprint density at radius 3 is 2.49 bits per heavy atom. The van der Waals surface area contributed by atoms with Crippen molar-refractivity contribution in [1.29, 1.82) is 0 Å². The van der Waals surface area contributed by atoms with E-state index in [9.17, 15) is 18.0 Å². The topological polar surface area (TPSA) is 90.6 Å². The van der Waals surface area contributed by atoms with E-state index in [1.54, 1.807) is 7.11 Å². The minimum atomic E-state index is -4.64. The summed E-state index contributed by atoms with van der Waals surface area (Å²) in [4.78, 5) is 26.5. The first-order valence-corrected chi connectivity index (χ1v) is 14.1. The molecular formula is C32H32F3N5O3. The summed E-state index contributed by atoms with van der Waals surface area (Å²) in [7, 11) is 5.98. The second kappa shape index (κ2) is 10.7. The first-order valence-electron chi connectivity index (χ1n) is 14.1. The number of aromatic amines is 1. The molecule has 1 saturated heterocycles. The molecule has 4 aromatic rings. The molecule has 8 nitrogen and oxygen atoms in total. The van der Waals surface area contributed by atoms with E-state index >= 15 is 0 Å². The van der Waals surface area contributed by atoms with Crippen LogP contribution in [-0.4, -0.2) is 73.8 Å². The number of aldehydes is 1. The molecule has 3 aromatic carbocycles. The number of fused-ring (bicyclic) bond motifs is 3. The minimum Gasteiger partial charge on any atom is -0.497 e. The van der Waals surface area contributed by atoms with Gasteiger partial charge in [0.1, 0.15) is 5.75 Å². The number of nitrogens with zero attached hydrogens (tertiary/aromatic N) is 3. The number of carbonyl (C=O) groups excluding carboxylic acids is 2. The molecule has 0 bridgehead atoms. The zero-order chi connectivity index (χ0) is 30.5. The molecule has 1 aliphatic carbocycles. The summed E-state index contributed by atoms with van der Waals surface area (Å²) >= 11 is 0. The molecule has 1 saturated carbocycles. The summed E-state index contributed by atoms with van der Waals surface area (Å²) in [6, 6.07) is 21.7. The Bertz CT molecular complexity index is 1680. The number of halogens is 3. The third-order valence-electron chi connectivity index (χ3n) is 8.84. The average molecular weight is 592 g/mol. The van der Waals surface area contributed by atoms with Crippen LogP contribution in [0.4, 0.5) is 24.5 Å². The maximum Gasteiger partial charge on any atom is 0.446 e. The number of nitrogens with one attached hydrogen (secondary N) is 2. The number of H-pyrrole nitrogens is 1. The van der Waals surface area contributed by atoms with E-state index in [4.69, 9.17) is 9.53 Å². The van der Waals surface area contributed by atoms with Crippen molar-refractivity contribution in [1.82, 2.24) is 15.1 Å². The maximum atomic E-state index is 13.0. The fraction of sp³-hybridized carbons (Fsp3) is 0.344. The van der Waals surface area contributed by atoms with Crippen LogP contribution in [0.5, 0.6) is 5.75 Å². The zero-order valence-corrected chi connectivity index (χ0v) is 24.0. The molecule has 7 rings (SSSR count). The van der Waals surface area contributed by atoms with E-state index in [0.29, 0.717) is 6.04 Å². The summed E-state index contributed by atoms with van der Waals surface area (Å²) < 4.78 is 36.7. The predicted octanol–water partition coefficient (Wildman–Crippen LogP) is 5.50. The van der Waals surface area contributed by atoms with Crippen molar-refractivity contribution in [3.8, 4) is 17.0 Å². The summed E-state index contributed by atoms with van der Waals surface area (Å²) in [6.07, 6.45) is -3.70. The number of ether oxygens (including phenoxy) is 1. The van der Waals surface area contributed by atoms with Crippen LogP contribution < -0.4 is 15.0 Å². The number of benzene rings is 3. The van der Waals surface area contributed by atoms with Crippen molar-refractivity contribution >= 4 is 34.5 Å². The highest BCUT2D eigenvalue weighted by molar-refractivity contribution is 6.10. The second-order valence-electron chi connectivity index (χ2n) is 11.5. The van der Waals surface area contributed by atoms with Gasteiger partial charge in [-0.05, 0) is 74.5 Å². The largest absolute Gasteiger partial charge is 0.497 e. The Kier molecular flexibility index (Phi) is 7.16. The van der Waals surface area contributed by atoms with Gasteiger partial charge >= 0.3 is 6.18 Å². The number of aromatic nitrogens is 2. The van der Waals surface area contributed by atoms with E-state index in [1.165, 1.54) is 12.1 Å². The number of rotatable bonds is 5. The summed E-state index contributed by atoms with van der Waals surface area (Å²) in [5, 5.41) is 12.1. The summed E-state index contributed by atoms with van der Waals surface area (Å²) in [6.45, 7) is 2.16. The predicted molar refractivity (Wildman–Crippen MR) is 159 cm³/mol. The first-order chi connectivity index (χ1) is 20.5. The molecule has 2 fully saturated rings. The molecular weight excluding hydrogens is 559 g/mol. The number of likely N-dealkylation sites (N-methyl/N-ethyl adjacent to an activating group) is 1. The van der Waals surface area contributed by atoms with E-state index in [1.807, 2.05) is 18.2 Å². The van der Waals surface area contributed by atoms with Crippen LogP contribution in [0.3, 0.4) is 0 Å². The standard InChI is InChI=1S/C30H31N5O2.C2HF3O/c1-34(2)21-12-13-35(17-21)20-7-4-18(5-8-20)28-23-10-6-19(14-27(23)32-33-28)25-16-30(25)24-15-22(37-3)9-11-26(24)31-29(30)36;3-2(4,5)1-6/h4-11,14-15,21,25H,12-13,16-17H2,1-3H3,(H,31,36)(H,32,33);1H/t21-,25+,30+;/m1./s1. The smallest absolute Gasteiger partial charge is 0.446 e. The quantitative estimate of drug-likeness (QED) is 0.298. The van der Waals surface area contributed by atoms with Crippen LogP contribution in [0.15, 0.2) is 60.7 Å². The maximum absolute atomic E-state index is 13.0. The Balaban J connectivity index is 0.000000501. The van der Waals surface area contributed by atoms with Gasteiger partial charge < -0.3 is 19.9 Å². The van der Waals surface area contributed by atoms with Gasteiger partial charge in [-0.15, -0.1) is 0 Å². The van der Waals surface area contributed by atoms with Crippen LogP contribution in [0.25, 0.3) is 22.2 Å². The van der Waals surface area contributed by atoms with Crippen LogP contribution in [0.2, 0.25) is 0 Å². The van der Waals surface area contributed by atoms with Gasteiger partial charge in [-0.2, -0.15) is 18.3 Å². The third kappa shape index (κ3) is 5.22. The van der Waals surface area contributed by atoms with Crippen molar-refractivity contribution in [3.63, 3.8) is 0 Å². The lowest BCUT2D eigenvalue weighted by Crippen LogP contribution is -2.31. The Morgan fingerprint density at radius 1 is 1.09 bits per heavy atom. The number of hydrogen-bond acceptors (Lipinski definition) is 6. The molecule has 2 N–H and O–H groups in total. The number of hydrogen-bond donors (Lipinski definition) is 2. The Hall–Kier alpha value is -4.38. The lowest BCUT2D eigenvalue weighted by Gasteiger charge is -2.22. The number of alkyl halides is 3. The first kappa shape index (κ1) is 28.7. The normalized spacial score (nSPS) is 22.4. The fourth-order valence-electron chi connectivity index (χ4n) is 6.40. The molecule has 0 radical (unpaired) electrons. The number of anilines is 2. The minimum absolute atomic E-state index is 0.0844. The fourth-order valence-corrected chi connectivity index (χ4v) is 6.40. The van der Waals surface area contributed by atoms with Crippen LogP contribution in [-0.2, 0) is 15.0 Å². The summed E-state index contributed by atoms with van der Waals surface area (Å²) in [5.41, 5.74) is 6.92. The number of methoxy groups -OCH3 is 1. The Morgan fingerprint density at radius 2 is 1.84 bits per heavy atom. The van der Waals surface area contributed by atoms with Gasteiger partial charge in [0.2, 0.25) is 12.2 Å². The van der Waals surface area contributed by atoms with E-state index in [0.717, 1.165) is 64.2 Å². The van der Waals surface area contributed by atoms with Crippen molar-refractivity contribution in [2.45, 2.75) is 36.4 Å². The average Bonchev–Trinajstić information content (AvgIpc) is 3.25. The van der Waals surface area contributed by atoms with Gasteiger partial charge in [-0.1, -0.05) is 24.3 Å². The molecule has 3 aliphatic rings. The third-order valence-corrected chi connectivity index (χ3v) is 8.84.